The van der Waals surface area contributed by atoms with Crippen LogP contribution in [-0.2, 0) is 22.1 Å². The lowest BCUT2D eigenvalue weighted by Crippen LogP contribution is -2.34. The highest BCUT2D eigenvalue weighted by atomic mass is 19.4. The van der Waals surface area contributed by atoms with Gasteiger partial charge in [-0.2, -0.15) is 13.2 Å². The molecule has 0 spiro atoms. The lowest BCUT2D eigenvalue weighted by molar-refractivity contribution is -0.143. The number of halogens is 3. The molecule has 4 nitrogen and oxygen atoms in total. The number of ether oxygens (including phenoxy) is 1. The standard InChI is InChI=1S/C27H29F3N2O2/c1-3-34-26(33)15-20-11-12-22(16-25(20)27(28,29)30)32-14-13-21(17-32)31-18(2)23-10-6-8-19-7-4-5-9-24(19)23/h4-12,16,18,21,31H,3,13-15,17H2,1-2H3/t18-,21+/m1/s1. The number of benzene rings is 3. The summed E-state index contributed by atoms with van der Waals surface area (Å²) in [4.78, 5) is 13.7. The summed E-state index contributed by atoms with van der Waals surface area (Å²) >= 11 is 0. The molecule has 3 aromatic carbocycles. The molecule has 1 aliphatic heterocycles. The minimum Gasteiger partial charge on any atom is -0.466 e. The van der Waals surface area contributed by atoms with Gasteiger partial charge in [0.15, 0.2) is 0 Å². The third-order valence-electron chi connectivity index (χ3n) is 6.37. The number of hydrogen-bond donors (Lipinski definition) is 1. The molecular weight excluding hydrogens is 441 g/mol. The van der Waals surface area contributed by atoms with Gasteiger partial charge in [-0.3, -0.25) is 4.79 Å². The van der Waals surface area contributed by atoms with Crippen molar-refractivity contribution >= 4 is 22.4 Å². The van der Waals surface area contributed by atoms with Crippen LogP contribution in [0.25, 0.3) is 10.8 Å². The normalized spacial score (nSPS) is 17.2. The number of nitrogens with one attached hydrogen (secondary N) is 1. The fraction of sp³-hybridized carbons (Fsp3) is 0.370. The highest BCUT2D eigenvalue weighted by Gasteiger charge is 2.35. The van der Waals surface area contributed by atoms with Crippen LogP contribution in [0.2, 0.25) is 0 Å². The maximum Gasteiger partial charge on any atom is 0.416 e. The van der Waals surface area contributed by atoms with Crippen LogP contribution in [0.4, 0.5) is 18.9 Å². The summed E-state index contributed by atoms with van der Waals surface area (Å²) in [5.74, 6) is -0.659. The lowest BCUT2D eigenvalue weighted by Gasteiger charge is -2.24. The Morgan fingerprint density at radius 3 is 2.68 bits per heavy atom. The summed E-state index contributed by atoms with van der Waals surface area (Å²) < 4.78 is 46.0. The molecule has 0 bridgehead atoms. The Kier molecular flexibility index (Phi) is 7.12. The van der Waals surface area contributed by atoms with E-state index < -0.39 is 24.1 Å². The predicted octanol–water partition coefficient (Wildman–Crippen LogP) is 5.89. The van der Waals surface area contributed by atoms with Gasteiger partial charge in [-0.1, -0.05) is 48.5 Å². The molecule has 0 radical (unpaired) electrons. The van der Waals surface area contributed by atoms with Crippen LogP contribution in [0.1, 0.15) is 43.0 Å². The molecule has 0 unspecified atom stereocenters. The summed E-state index contributed by atoms with van der Waals surface area (Å²) in [6.45, 7) is 5.16. The minimum absolute atomic E-state index is 0.0619. The number of carbonyl (C=O) groups is 1. The maximum absolute atomic E-state index is 13.7. The van der Waals surface area contributed by atoms with Crippen LogP contribution >= 0.6 is 0 Å². The second kappa shape index (κ2) is 10.1. The molecule has 7 heteroatoms. The van der Waals surface area contributed by atoms with E-state index >= 15 is 0 Å². The zero-order valence-electron chi connectivity index (χ0n) is 19.4. The molecule has 4 rings (SSSR count). The van der Waals surface area contributed by atoms with Crippen molar-refractivity contribution in [3.8, 4) is 0 Å². The average molecular weight is 471 g/mol. The van der Waals surface area contributed by atoms with E-state index in [1.807, 2.05) is 23.1 Å². The van der Waals surface area contributed by atoms with E-state index in [-0.39, 0.29) is 24.3 Å². The smallest absolute Gasteiger partial charge is 0.416 e. The van der Waals surface area contributed by atoms with Crippen molar-refractivity contribution in [2.24, 2.45) is 0 Å². The van der Waals surface area contributed by atoms with E-state index in [4.69, 9.17) is 4.74 Å². The Labute approximate surface area is 197 Å². The van der Waals surface area contributed by atoms with Crippen LogP contribution < -0.4 is 10.2 Å². The van der Waals surface area contributed by atoms with Crippen LogP contribution in [0, 0.1) is 0 Å². The molecule has 2 atom stereocenters. The zero-order valence-corrected chi connectivity index (χ0v) is 19.4. The van der Waals surface area contributed by atoms with Crippen LogP contribution in [0.3, 0.4) is 0 Å². The van der Waals surface area contributed by atoms with Crippen LogP contribution in [-0.4, -0.2) is 31.7 Å². The van der Waals surface area contributed by atoms with Gasteiger partial charge in [0.1, 0.15) is 0 Å². The molecule has 1 aliphatic rings. The summed E-state index contributed by atoms with van der Waals surface area (Å²) in [7, 11) is 0. The summed E-state index contributed by atoms with van der Waals surface area (Å²) in [6.07, 6.45) is -4.10. The van der Waals surface area contributed by atoms with Gasteiger partial charge in [0.2, 0.25) is 0 Å². The molecule has 34 heavy (non-hydrogen) atoms. The number of alkyl halides is 3. The average Bonchev–Trinajstić information content (AvgIpc) is 3.26. The Morgan fingerprint density at radius 1 is 1.15 bits per heavy atom. The van der Waals surface area contributed by atoms with Crippen molar-refractivity contribution in [1.82, 2.24) is 5.32 Å². The van der Waals surface area contributed by atoms with E-state index in [0.717, 1.165) is 12.5 Å². The Hall–Kier alpha value is -3.06. The highest BCUT2D eigenvalue weighted by Crippen LogP contribution is 2.36. The summed E-state index contributed by atoms with van der Waals surface area (Å²) in [5, 5.41) is 6.04. The minimum atomic E-state index is -4.54. The highest BCUT2D eigenvalue weighted by molar-refractivity contribution is 5.86. The third kappa shape index (κ3) is 5.36. The van der Waals surface area contributed by atoms with E-state index in [2.05, 4.69) is 36.5 Å². The fourth-order valence-electron chi connectivity index (χ4n) is 4.75. The molecule has 0 saturated carbocycles. The van der Waals surface area contributed by atoms with Gasteiger partial charge >= 0.3 is 12.1 Å². The quantitative estimate of drug-likeness (QED) is 0.437. The number of esters is 1. The van der Waals surface area contributed by atoms with Crippen molar-refractivity contribution < 1.29 is 22.7 Å². The molecule has 180 valence electrons. The predicted molar refractivity (Wildman–Crippen MR) is 128 cm³/mol. The number of nitrogens with zero attached hydrogens (tertiary/aromatic N) is 1. The molecule has 0 aliphatic carbocycles. The maximum atomic E-state index is 13.7. The van der Waals surface area contributed by atoms with Crippen molar-refractivity contribution in [1.29, 1.82) is 0 Å². The molecule has 0 amide bonds. The first kappa shape index (κ1) is 24.1. The van der Waals surface area contributed by atoms with Gasteiger partial charge in [-0.15, -0.1) is 0 Å². The van der Waals surface area contributed by atoms with Crippen molar-refractivity contribution in [2.75, 3.05) is 24.6 Å². The second-order valence-electron chi connectivity index (χ2n) is 8.71. The van der Waals surface area contributed by atoms with Gasteiger partial charge in [-0.05, 0) is 54.3 Å². The Balaban J connectivity index is 1.47. The zero-order chi connectivity index (χ0) is 24.3. The topological polar surface area (TPSA) is 41.6 Å². The van der Waals surface area contributed by atoms with Gasteiger partial charge < -0.3 is 15.0 Å². The molecule has 0 aromatic heterocycles. The van der Waals surface area contributed by atoms with E-state index in [0.29, 0.717) is 18.8 Å². The van der Waals surface area contributed by atoms with E-state index in [9.17, 15) is 18.0 Å². The summed E-state index contributed by atoms with van der Waals surface area (Å²) in [6, 6.07) is 19.0. The SMILES string of the molecule is CCOC(=O)Cc1ccc(N2CC[C@H](N[C@H](C)c3cccc4ccccc34)C2)cc1C(F)(F)F. The largest absolute Gasteiger partial charge is 0.466 e. The monoisotopic (exact) mass is 470 g/mol. The van der Waals surface area contributed by atoms with Gasteiger partial charge in [0.25, 0.3) is 0 Å². The Bertz CT molecular complexity index is 1160. The van der Waals surface area contributed by atoms with E-state index in [1.54, 1.807) is 13.0 Å². The molecule has 3 aromatic rings. The number of carbonyl (C=O) groups excluding carboxylic acids is 1. The number of anilines is 1. The summed E-state index contributed by atoms with van der Waals surface area (Å²) in [5.41, 5.74) is 0.882. The van der Waals surface area contributed by atoms with Crippen LogP contribution in [0.5, 0.6) is 0 Å². The number of rotatable bonds is 7. The van der Waals surface area contributed by atoms with Crippen LogP contribution in [0.15, 0.2) is 60.7 Å². The van der Waals surface area contributed by atoms with Crippen molar-refractivity contribution in [2.45, 2.75) is 44.9 Å². The van der Waals surface area contributed by atoms with Gasteiger partial charge in [-0.25, -0.2) is 0 Å². The number of fused-ring (bicyclic) bond motifs is 1. The molecule has 1 N–H and O–H groups in total. The molecule has 1 saturated heterocycles. The lowest BCUT2D eigenvalue weighted by atomic mass is 9.99. The first-order valence-electron chi connectivity index (χ1n) is 11.6. The second-order valence-corrected chi connectivity index (χ2v) is 8.71. The van der Waals surface area contributed by atoms with Gasteiger partial charge in [0.05, 0.1) is 18.6 Å². The molecule has 1 fully saturated rings. The first-order valence-corrected chi connectivity index (χ1v) is 11.6. The third-order valence-corrected chi connectivity index (χ3v) is 6.37. The molecular formula is C27H29F3N2O2. The van der Waals surface area contributed by atoms with Crippen molar-refractivity contribution in [3.05, 3.63) is 77.4 Å². The van der Waals surface area contributed by atoms with Crippen molar-refractivity contribution in [3.63, 3.8) is 0 Å². The Morgan fingerprint density at radius 2 is 1.91 bits per heavy atom. The van der Waals surface area contributed by atoms with Gasteiger partial charge in [0, 0.05) is 30.9 Å². The first-order chi connectivity index (χ1) is 16.3. The fourth-order valence-corrected chi connectivity index (χ4v) is 4.75. The number of hydrogen-bond acceptors (Lipinski definition) is 4. The molecule has 1 heterocycles. The van der Waals surface area contributed by atoms with E-state index in [1.165, 1.54) is 22.4 Å².